The minimum absolute atomic E-state index is 0.0281. The normalized spacial score (nSPS) is 17.2. The standard InChI is InChI=1S/C18H20F2N4O3S/c1-21-18(25)12-3-2-8-24(11-12)17-7-5-14(10-22-17)28(26,27)23-13-4-6-15(19)16(20)9-13/h4-7,9-10,12,23H,2-3,8,11H2,1H3,(H,21,25). The third-order valence-corrected chi connectivity index (χ3v) is 5.93. The van der Waals surface area contributed by atoms with Gasteiger partial charge in [0.05, 0.1) is 11.6 Å². The molecular formula is C18H20F2N4O3S. The van der Waals surface area contributed by atoms with E-state index in [9.17, 15) is 22.0 Å². The second kappa shape index (κ2) is 8.09. The largest absolute Gasteiger partial charge is 0.359 e. The Balaban J connectivity index is 1.74. The minimum Gasteiger partial charge on any atom is -0.359 e. The monoisotopic (exact) mass is 410 g/mol. The second-order valence-electron chi connectivity index (χ2n) is 6.49. The number of halogens is 2. The number of pyridine rings is 1. The van der Waals surface area contributed by atoms with Crippen molar-refractivity contribution in [2.75, 3.05) is 29.8 Å². The first-order valence-electron chi connectivity index (χ1n) is 8.70. The molecule has 1 amide bonds. The molecule has 1 aromatic heterocycles. The zero-order valence-corrected chi connectivity index (χ0v) is 16.0. The van der Waals surface area contributed by atoms with Gasteiger partial charge in [-0.25, -0.2) is 22.2 Å². The van der Waals surface area contributed by atoms with Crippen LogP contribution in [0.1, 0.15) is 12.8 Å². The van der Waals surface area contributed by atoms with Crippen molar-refractivity contribution in [3.05, 3.63) is 48.2 Å². The van der Waals surface area contributed by atoms with Crippen molar-refractivity contribution in [1.29, 1.82) is 0 Å². The van der Waals surface area contributed by atoms with Crippen molar-refractivity contribution in [2.45, 2.75) is 17.7 Å². The third kappa shape index (κ3) is 4.38. The van der Waals surface area contributed by atoms with Gasteiger partial charge in [-0.05, 0) is 37.1 Å². The molecule has 0 aliphatic carbocycles. The number of nitrogens with one attached hydrogen (secondary N) is 2. The molecule has 0 saturated carbocycles. The summed E-state index contributed by atoms with van der Waals surface area (Å²) in [4.78, 5) is 17.9. The molecule has 1 aliphatic heterocycles. The Kier molecular flexibility index (Phi) is 5.78. The maximum Gasteiger partial charge on any atom is 0.263 e. The van der Waals surface area contributed by atoms with Crippen molar-refractivity contribution in [3.63, 3.8) is 0 Å². The molecule has 1 fully saturated rings. The van der Waals surface area contributed by atoms with Crippen molar-refractivity contribution in [3.8, 4) is 0 Å². The lowest BCUT2D eigenvalue weighted by molar-refractivity contribution is -0.124. The summed E-state index contributed by atoms with van der Waals surface area (Å²) in [7, 11) is -2.41. The summed E-state index contributed by atoms with van der Waals surface area (Å²) in [6.45, 7) is 1.23. The van der Waals surface area contributed by atoms with Gasteiger partial charge in [0.1, 0.15) is 10.7 Å². The predicted octanol–water partition coefficient (Wildman–Crippen LogP) is 2.12. The Bertz CT molecular complexity index is 967. The number of piperidine rings is 1. The van der Waals surface area contributed by atoms with Crippen molar-refractivity contribution < 1.29 is 22.0 Å². The molecule has 1 unspecified atom stereocenters. The van der Waals surface area contributed by atoms with Gasteiger partial charge in [0, 0.05) is 32.4 Å². The topological polar surface area (TPSA) is 91.4 Å². The van der Waals surface area contributed by atoms with Crippen LogP contribution < -0.4 is 14.9 Å². The van der Waals surface area contributed by atoms with Crippen LogP contribution in [0.3, 0.4) is 0 Å². The molecule has 28 heavy (non-hydrogen) atoms. The van der Waals surface area contributed by atoms with Gasteiger partial charge in [-0.15, -0.1) is 0 Å². The fourth-order valence-corrected chi connectivity index (χ4v) is 4.09. The van der Waals surface area contributed by atoms with Crippen molar-refractivity contribution in [1.82, 2.24) is 10.3 Å². The Hall–Kier alpha value is -2.75. The molecule has 1 aliphatic rings. The molecular weight excluding hydrogens is 390 g/mol. The number of hydrogen-bond acceptors (Lipinski definition) is 5. The van der Waals surface area contributed by atoms with E-state index in [1.807, 2.05) is 4.90 Å². The number of sulfonamides is 1. The minimum atomic E-state index is -4.00. The van der Waals surface area contributed by atoms with Gasteiger partial charge < -0.3 is 10.2 Å². The number of aromatic nitrogens is 1. The Morgan fingerprint density at radius 2 is 2.00 bits per heavy atom. The number of hydrogen-bond donors (Lipinski definition) is 2. The van der Waals surface area contributed by atoms with Crippen molar-refractivity contribution >= 4 is 27.4 Å². The number of nitrogens with zero attached hydrogens (tertiary/aromatic N) is 2. The van der Waals surface area contributed by atoms with Crippen LogP contribution in [0.2, 0.25) is 0 Å². The summed E-state index contributed by atoms with van der Waals surface area (Å²) in [5.41, 5.74) is -0.0903. The number of amides is 1. The van der Waals surface area contributed by atoms with Crippen LogP contribution in [0.5, 0.6) is 0 Å². The second-order valence-corrected chi connectivity index (χ2v) is 8.17. The number of rotatable bonds is 5. The van der Waals surface area contributed by atoms with Gasteiger partial charge in [-0.3, -0.25) is 9.52 Å². The SMILES string of the molecule is CNC(=O)C1CCCN(c2ccc(S(=O)(=O)Nc3ccc(F)c(F)c3)cn2)C1. The fraction of sp³-hybridized carbons (Fsp3) is 0.333. The molecule has 150 valence electrons. The van der Waals surface area contributed by atoms with Crippen LogP contribution >= 0.6 is 0 Å². The molecule has 0 bridgehead atoms. The Morgan fingerprint density at radius 1 is 1.21 bits per heavy atom. The summed E-state index contributed by atoms with van der Waals surface area (Å²) in [5.74, 6) is -1.81. The van der Waals surface area contributed by atoms with E-state index in [1.54, 1.807) is 13.1 Å². The molecule has 2 N–H and O–H groups in total. The first-order chi connectivity index (χ1) is 13.3. The van der Waals surface area contributed by atoms with E-state index in [2.05, 4.69) is 15.0 Å². The first kappa shape index (κ1) is 20.0. The molecule has 10 heteroatoms. The van der Waals surface area contributed by atoms with E-state index in [0.717, 1.165) is 37.6 Å². The van der Waals surface area contributed by atoms with Gasteiger partial charge in [-0.2, -0.15) is 0 Å². The van der Waals surface area contributed by atoms with Gasteiger partial charge >= 0.3 is 0 Å². The molecule has 1 aromatic carbocycles. The molecule has 2 aromatic rings. The van der Waals surface area contributed by atoms with Crippen LogP contribution in [-0.2, 0) is 14.8 Å². The fourth-order valence-electron chi connectivity index (χ4n) is 3.10. The quantitative estimate of drug-likeness (QED) is 0.788. The van der Waals surface area contributed by atoms with Crippen LogP contribution in [0, 0.1) is 17.6 Å². The van der Waals surface area contributed by atoms with E-state index >= 15 is 0 Å². The van der Waals surface area contributed by atoms with Crippen LogP contribution in [0.4, 0.5) is 20.3 Å². The highest BCUT2D eigenvalue weighted by Gasteiger charge is 2.26. The maximum atomic E-state index is 13.3. The molecule has 1 saturated heterocycles. The Morgan fingerprint density at radius 3 is 2.64 bits per heavy atom. The summed E-state index contributed by atoms with van der Waals surface area (Å²) >= 11 is 0. The molecule has 2 heterocycles. The number of benzene rings is 1. The molecule has 0 radical (unpaired) electrons. The molecule has 1 atom stereocenters. The Labute approximate surface area is 161 Å². The lowest BCUT2D eigenvalue weighted by atomic mass is 9.97. The van der Waals surface area contributed by atoms with E-state index in [0.29, 0.717) is 12.4 Å². The summed E-state index contributed by atoms with van der Waals surface area (Å²) in [6, 6.07) is 5.68. The highest BCUT2D eigenvalue weighted by Crippen LogP contribution is 2.24. The smallest absolute Gasteiger partial charge is 0.263 e. The van der Waals surface area contributed by atoms with Gasteiger partial charge in [-0.1, -0.05) is 0 Å². The molecule has 7 nitrogen and oxygen atoms in total. The van der Waals surface area contributed by atoms with Crippen LogP contribution in [-0.4, -0.2) is 39.4 Å². The predicted molar refractivity (Wildman–Crippen MR) is 100 cm³/mol. The summed E-state index contributed by atoms with van der Waals surface area (Å²) in [5, 5.41) is 2.64. The lowest BCUT2D eigenvalue weighted by Crippen LogP contribution is -2.42. The average molecular weight is 410 g/mol. The van der Waals surface area contributed by atoms with E-state index in [-0.39, 0.29) is 22.4 Å². The number of carbonyl (C=O) groups excluding carboxylic acids is 1. The molecule has 0 spiro atoms. The van der Waals surface area contributed by atoms with Crippen molar-refractivity contribution in [2.24, 2.45) is 5.92 Å². The zero-order valence-electron chi connectivity index (χ0n) is 15.2. The van der Waals surface area contributed by atoms with E-state index in [4.69, 9.17) is 0 Å². The first-order valence-corrected chi connectivity index (χ1v) is 10.2. The highest BCUT2D eigenvalue weighted by molar-refractivity contribution is 7.92. The highest BCUT2D eigenvalue weighted by atomic mass is 32.2. The van der Waals surface area contributed by atoms with Gasteiger partial charge in [0.15, 0.2) is 11.6 Å². The van der Waals surface area contributed by atoms with Crippen LogP contribution in [0.25, 0.3) is 0 Å². The van der Waals surface area contributed by atoms with Crippen LogP contribution in [0.15, 0.2) is 41.4 Å². The van der Waals surface area contributed by atoms with E-state index < -0.39 is 21.7 Å². The number of anilines is 2. The van der Waals surface area contributed by atoms with Gasteiger partial charge in [0.25, 0.3) is 10.0 Å². The summed E-state index contributed by atoms with van der Waals surface area (Å²) < 4.78 is 53.3. The maximum absolute atomic E-state index is 13.3. The van der Waals surface area contributed by atoms with Gasteiger partial charge in [0.2, 0.25) is 5.91 Å². The van der Waals surface area contributed by atoms with E-state index in [1.165, 1.54) is 12.3 Å². The third-order valence-electron chi connectivity index (χ3n) is 4.57. The zero-order chi connectivity index (χ0) is 20.3. The summed E-state index contributed by atoms with van der Waals surface area (Å²) in [6.07, 6.45) is 2.82. The molecule has 3 rings (SSSR count). The number of carbonyl (C=O) groups is 1. The average Bonchev–Trinajstić information content (AvgIpc) is 2.70. The lowest BCUT2D eigenvalue weighted by Gasteiger charge is -2.32.